The molecule has 0 aromatic heterocycles. The highest BCUT2D eigenvalue weighted by molar-refractivity contribution is 5.66. The van der Waals surface area contributed by atoms with E-state index >= 15 is 0 Å². The van der Waals surface area contributed by atoms with E-state index in [0.29, 0.717) is 5.92 Å². The lowest BCUT2D eigenvalue weighted by molar-refractivity contribution is 0.272. The molecule has 3 nitrogen and oxygen atoms in total. The number of nitrogens with one attached hydrogen (secondary N) is 2. The van der Waals surface area contributed by atoms with Gasteiger partial charge in [-0.3, -0.25) is 0 Å². The fraction of sp³-hybridized carbons (Fsp3) is 0.526. The number of benzene rings is 3. The topological polar surface area (TPSA) is 33.3 Å². The Balaban J connectivity index is 1.55. The lowest BCUT2D eigenvalue weighted by atomic mass is 9.75. The molecule has 0 amide bonds. The largest absolute Gasteiger partial charge is 0.493 e. The quantitative estimate of drug-likeness (QED) is 0.334. The maximum atomic E-state index is 6.68. The highest BCUT2D eigenvalue weighted by Gasteiger charge is 2.36. The maximum Gasteiger partial charge on any atom is 0.128 e. The molecule has 0 radical (unpaired) electrons. The Morgan fingerprint density at radius 1 is 0.683 bits per heavy atom. The van der Waals surface area contributed by atoms with Gasteiger partial charge < -0.3 is 15.4 Å². The number of fused-ring (bicyclic) bond motifs is 3. The van der Waals surface area contributed by atoms with E-state index in [1.807, 2.05) is 0 Å². The zero-order valence-corrected chi connectivity index (χ0v) is 26.8. The first-order chi connectivity index (χ1) is 19.2. The summed E-state index contributed by atoms with van der Waals surface area (Å²) in [7, 11) is 0. The van der Waals surface area contributed by atoms with E-state index in [0.717, 1.165) is 38.3 Å². The van der Waals surface area contributed by atoms with Gasteiger partial charge in [0, 0.05) is 35.8 Å². The Labute approximate surface area is 248 Å². The summed E-state index contributed by atoms with van der Waals surface area (Å²) in [6.45, 7) is 23.7. The van der Waals surface area contributed by atoms with Crippen molar-refractivity contribution in [1.29, 1.82) is 0 Å². The number of hydrogen-bond donors (Lipinski definition) is 2. The van der Waals surface area contributed by atoms with Gasteiger partial charge in [-0.25, -0.2) is 0 Å². The van der Waals surface area contributed by atoms with E-state index in [-0.39, 0.29) is 22.3 Å². The van der Waals surface area contributed by atoms with Gasteiger partial charge in [0.15, 0.2) is 0 Å². The SMILES string of the molecule is CC(C)(C)c1cc2c(c(C3CCOc4c3cc(C(C)(C)C)cc4C3NCc4ccc(C(C)(C)C)cc43)c1)NCCC2. The minimum Gasteiger partial charge on any atom is -0.493 e. The standard InChI is InChI=1S/C38H50N2O/c1-36(2,3)25-13-12-24-22-40-34(29(24)18-25)32-21-27(38(7,8)9)20-31-28(14-16-41-35(31)32)30-19-26(37(4,5)6)17-23-11-10-15-39-33(23)30/h12-13,17-21,28,34,39-40H,10-11,14-16,22H2,1-9H3. The normalized spacial score (nSPS) is 20.5. The van der Waals surface area contributed by atoms with Gasteiger partial charge in [-0.05, 0) is 80.5 Å². The van der Waals surface area contributed by atoms with Gasteiger partial charge in [-0.15, -0.1) is 0 Å². The van der Waals surface area contributed by atoms with Crippen LogP contribution in [-0.4, -0.2) is 13.2 Å². The van der Waals surface area contributed by atoms with Crippen molar-refractivity contribution in [3.63, 3.8) is 0 Å². The average molecular weight is 551 g/mol. The van der Waals surface area contributed by atoms with Crippen LogP contribution in [0.15, 0.2) is 42.5 Å². The molecule has 3 heteroatoms. The molecular formula is C38H50N2O. The van der Waals surface area contributed by atoms with Gasteiger partial charge in [0.25, 0.3) is 0 Å². The van der Waals surface area contributed by atoms with Gasteiger partial charge in [-0.2, -0.15) is 0 Å². The second-order valence-corrected chi connectivity index (χ2v) is 15.8. The first-order valence-electron chi connectivity index (χ1n) is 15.8. The first kappa shape index (κ1) is 28.3. The van der Waals surface area contributed by atoms with Crippen LogP contribution in [0.1, 0.15) is 137 Å². The highest BCUT2D eigenvalue weighted by atomic mass is 16.5. The number of hydrogen-bond acceptors (Lipinski definition) is 3. The summed E-state index contributed by atoms with van der Waals surface area (Å²) in [5.41, 5.74) is 14.3. The van der Waals surface area contributed by atoms with Crippen LogP contribution >= 0.6 is 0 Å². The predicted molar refractivity (Wildman–Crippen MR) is 173 cm³/mol. The molecule has 3 aromatic carbocycles. The fourth-order valence-electron chi connectivity index (χ4n) is 6.93. The Bertz CT molecular complexity index is 1480. The van der Waals surface area contributed by atoms with E-state index in [9.17, 15) is 0 Å². The van der Waals surface area contributed by atoms with E-state index in [4.69, 9.17) is 4.74 Å². The molecule has 41 heavy (non-hydrogen) atoms. The molecular weight excluding hydrogens is 500 g/mol. The highest BCUT2D eigenvalue weighted by Crippen LogP contribution is 2.49. The Morgan fingerprint density at radius 2 is 1.32 bits per heavy atom. The van der Waals surface area contributed by atoms with Crippen LogP contribution in [0.5, 0.6) is 5.75 Å². The van der Waals surface area contributed by atoms with Crippen LogP contribution in [0.2, 0.25) is 0 Å². The van der Waals surface area contributed by atoms with Crippen molar-refractivity contribution in [3.8, 4) is 5.75 Å². The molecule has 0 saturated carbocycles. The lowest BCUT2D eigenvalue weighted by Gasteiger charge is -2.35. The number of anilines is 1. The molecule has 2 atom stereocenters. The fourth-order valence-corrected chi connectivity index (χ4v) is 6.93. The van der Waals surface area contributed by atoms with Gasteiger partial charge in [-0.1, -0.05) is 98.7 Å². The van der Waals surface area contributed by atoms with Gasteiger partial charge >= 0.3 is 0 Å². The number of ether oxygens (including phenoxy) is 1. The molecule has 3 heterocycles. The van der Waals surface area contributed by atoms with Crippen molar-refractivity contribution in [2.75, 3.05) is 18.5 Å². The Hall–Kier alpha value is -2.78. The molecule has 0 saturated heterocycles. The molecule has 3 aliphatic heterocycles. The molecule has 2 unspecified atom stereocenters. The van der Waals surface area contributed by atoms with Crippen molar-refractivity contribution in [3.05, 3.63) is 92.5 Å². The molecule has 0 bridgehead atoms. The molecule has 0 fully saturated rings. The molecule has 0 spiro atoms. The van der Waals surface area contributed by atoms with Crippen molar-refractivity contribution in [2.45, 2.75) is 116 Å². The van der Waals surface area contributed by atoms with Crippen molar-refractivity contribution in [1.82, 2.24) is 5.32 Å². The van der Waals surface area contributed by atoms with Gasteiger partial charge in [0.2, 0.25) is 0 Å². The van der Waals surface area contributed by atoms with Crippen LogP contribution in [0.4, 0.5) is 5.69 Å². The lowest BCUT2D eigenvalue weighted by Crippen LogP contribution is -2.25. The average Bonchev–Trinajstić information content (AvgIpc) is 3.33. The summed E-state index contributed by atoms with van der Waals surface area (Å²) in [5.74, 6) is 1.41. The second-order valence-electron chi connectivity index (χ2n) is 15.8. The molecule has 3 aliphatic rings. The third kappa shape index (κ3) is 5.20. The summed E-state index contributed by atoms with van der Waals surface area (Å²) in [6.07, 6.45) is 3.36. The monoisotopic (exact) mass is 550 g/mol. The Morgan fingerprint density at radius 3 is 2.02 bits per heavy atom. The zero-order valence-electron chi connectivity index (χ0n) is 26.8. The van der Waals surface area contributed by atoms with Gasteiger partial charge in [0.1, 0.15) is 5.75 Å². The number of rotatable bonds is 2. The minimum atomic E-state index is 0.0331. The van der Waals surface area contributed by atoms with Crippen molar-refractivity contribution in [2.24, 2.45) is 0 Å². The molecule has 218 valence electrons. The van der Waals surface area contributed by atoms with Crippen LogP contribution in [0, 0.1) is 0 Å². The smallest absolute Gasteiger partial charge is 0.128 e. The second kappa shape index (κ2) is 9.90. The van der Waals surface area contributed by atoms with E-state index in [2.05, 4.69) is 115 Å². The molecule has 2 N–H and O–H groups in total. The molecule has 0 aliphatic carbocycles. The van der Waals surface area contributed by atoms with E-state index in [1.165, 1.54) is 62.2 Å². The summed E-state index contributed by atoms with van der Waals surface area (Å²) < 4.78 is 6.68. The number of aryl methyl sites for hydroxylation is 1. The van der Waals surface area contributed by atoms with Crippen LogP contribution < -0.4 is 15.4 Å². The van der Waals surface area contributed by atoms with Crippen LogP contribution in [-0.2, 0) is 29.2 Å². The van der Waals surface area contributed by atoms with Crippen molar-refractivity contribution < 1.29 is 4.74 Å². The third-order valence-corrected chi connectivity index (χ3v) is 9.59. The molecule has 6 rings (SSSR count). The summed E-state index contributed by atoms with van der Waals surface area (Å²) in [4.78, 5) is 0. The van der Waals surface area contributed by atoms with Crippen molar-refractivity contribution >= 4 is 5.69 Å². The molecule has 3 aromatic rings. The van der Waals surface area contributed by atoms with Gasteiger partial charge in [0.05, 0.1) is 12.6 Å². The third-order valence-electron chi connectivity index (χ3n) is 9.59. The summed E-state index contributed by atoms with van der Waals surface area (Å²) in [6, 6.07) is 17.1. The predicted octanol–water partition coefficient (Wildman–Crippen LogP) is 9.04. The summed E-state index contributed by atoms with van der Waals surface area (Å²) >= 11 is 0. The Kier molecular flexibility index (Phi) is 6.85. The van der Waals surface area contributed by atoms with E-state index < -0.39 is 0 Å². The van der Waals surface area contributed by atoms with Crippen LogP contribution in [0.25, 0.3) is 0 Å². The first-order valence-corrected chi connectivity index (χ1v) is 15.8. The minimum absolute atomic E-state index is 0.0331. The van der Waals surface area contributed by atoms with E-state index in [1.54, 1.807) is 0 Å². The maximum absolute atomic E-state index is 6.68. The van der Waals surface area contributed by atoms with Crippen LogP contribution in [0.3, 0.4) is 0 Å². The summed E-state index contributed by atoms with van der Waals surface area (Å²) in [5, 5.41) is 7.72. The zero-order chi connectivity index (χ0) is 29.3.